The fourth-order valence-electron chi connectivity index (χ4n) is 2.94. The van der Waals surface area contributed by atoms with Crippen molar-refractivity contribution in [2.24, 2.45) is 0 Å². The number of carbonyl (C=O) groups excluding carboxylic acids is 1. The predicted octanol–water partition coefficient (Wildman–Crippen LogP) is 3.68. The first kappa shape index (κ1) is 22.5. The minimum atomic E-state index is -0.324. The second-order valence-electron chi connectivity index (χ2n) is 7.10. The molecule has 0 aliphatic rings. The van der Waals surface area contributed by atoms with E-state index in [1.54, 1.807) is 49.5 Å². The average Bonchev–Trinajstić information content (AvgIpc) is 2.71. The molecule has 0 bridgehead atoms. The molecule has 2 rings (SSSR count). The van der Waals surface area contributed by atoms with E-state index < -0.39 is 0 Å². The Kier molecular flexibility index (Phi) is 8.27. The topological polar surface area (TPSA) is 54.0 Å². The van der Waals surface area contributed by atoms with Crippen molar-refractivity contribution in [3.63, 3.8) is 0 Å². The molecule has 0 fully saturated rings. The first-order valence-corrected chi connectivity index (χ1v) is 9.51. The highest BCUT2D eigenvalue weighted by Gasteiger charge is 2.20. The number of hydrogen-bond acceptors (Lipinski definition) is 4. The van der Waals surface area contributed by atoms with Gasteiger partial charge in [0.15, 0.2) is 0 Å². The molecule has 0 aliphatic heterocycles. The maximum absolute atomic E-state index is 14.1. The molecule has 0 saturated carbocycles. The summed E-state index contributed by atoms with van der Waals surface area (Å²) in [5.41, 5.74) is 1.28. The number of urea groups is 1. The third-order valence-corrected chi connectivity index (χ3v) is 4.67. The Balaban J connectivity index is 2.19. The van der Waals surface area contributed by atoms with Crippen LogP contribution >= 0.6 is 0 Å². The number of ether oxygens (including phenoxy) is 2. The minimum Gasteiger partial charge on any atom is -0.497 e. The van der Waals surface area contributed by atoms with Gasteiger partial charge in [-0.3, -0.25) is 0 Å². The Hall–Kier alpha value is -2.80. The van der Waals surface area contributed by atoms with Crippen molar-refractivity contribution in [2.75, 3.05) is 41.4 Å². The molecule has 158 valence electrons. The van der Waals surface area contributed by atoms with E-state index in [2.05, 4.69) is 5.32 Å². The molecular formula is C22H30FN3O3. The van der Waals surface area contributed by atoms with Crippen LogP contribution in [0.3, 0.4) is 0 Å². The van der Waals surface area contributed by atoms with Gasteiger partial charge in [0.05, 0.1) is 26.8 Å². The third kappa shape index (κ3) is 6.35. The SMILES string of the molecule is COc1ccc(OC)c(C(C)NC(=O)N(CCN(C)C)Cc2ccccc2F)c1. The maximum Gasteiger partial charge on any atom is 0.318 e. The van der Waals surface area contributed by atoms with E-state index in [0.717, 1.165) is 5.56 Å². The summed E-state index contributed by atoms with van der Waals surface area (Å²) in [6.07, 6.45) is 0. The summed E-state index contributed by atoms with van der Waals surface area (Å²) in [5.74, 6) is 1.02. The van der Waals surface area contributed by atoms with Gasteiger partial charge in [-0.1, -0.05) is 18.2 Å². The number of rotatable bonds is 9. The lowest BCUT2D eigenvalue weighted by atomic mass is 10.1. The molecule has 1 atom stereocenters. The highest BCUT2D eigenvalue weighted by molar-refractivity contribution is 5.75. The first-order chi connectivity index (χ1) is 13.8. The number of nitrogens with one attached hydrogen (secondary N) is 1. The predicted molar refractivity (Wildman–Crippen MR) is 112 cm³/mol. The molecule has 1 N–H and O–H groups in total. The van der Waals surface area contributed by atoms with E-state index in [0.29, 0.717) is 30.2 Å². The molecule has 0 aliphatic carbocycles. The van der Waals surface area contributed by atoms with Crippen molar-refractivity contribution in [3.8, 4) is 11.5 Å². The molecular weight excluding hydrogens is 373 g/mol. The Morgan fingerprint density at radius 3 is 2.45 bits per heavy atom. The molecule has 0 radical (unpaired) electrons. The molecule has 0 aromatic heterocycles. The Labute approximate surface area is 172 Å². The molecule has 0 saturated heterocycles. The molecule has 2 aromatic rings. The highest BCUT2D eigenvalue weighted by Crippen LogP contribution is 2.29. The van der Waals surface area contributed by atoms with Crippen LogP contribution < -0.4 is 14.8 Å². The summed E-state index contributed by atoms with van der Waals surface area (Å²) in [4.78, 5) is 16.6. The molecule has 29 heavy (non-hydrogen) atoms. The third-order valence-electron chi connectivity index (χ3n) is 4.67. The summed E-state index contributed by atoms with van der Waals surface area (Å²) in [6.45, 7) is 3.20. The van der Waals surface area contributed by atoms with Crippen LogP contribution in [0.15, 0.2) is 42.5 Å². The van der Waals surface area contributed by atoms with Crippen LogP contribution in [0.25, 0.3) is 0 Å². The summed E-state index contributed by atoms with van der Waals surface area (Å²) < 4.78 is 24.8. The van der Waals surface area contributed by atoms with Gasteiger partial charge in [0.25, 0.3) is 0 Å². The zero-order valence-electron chi connectivity index (χ0n) is 17.7. The molecule has 0 heterocycles. The normalized spacial score (nSPS) is 11.8. The number of nitrogens with zero attached hydrogens (tertiary/aromatic N) is 2. The lowest BCUT2D eigenvalue weighted by molar-refractivity contribution is 0.184. The van der Waals surface area contributed by atoms with E-state index in [1.165, 1.54) is 6.07 Å². The van der Waals surface area contributed by atoms with Gasteiger partial charge in [0.1, 0.15) is 17.3 Å². The number of likely N-dealkylation sites (N-methyl/N-ethyl adjacent to an activating group) is 1. The van der Waals surface area contributed by atoms with Crippen molar-refractivity contribution < 1.29 is 18.7 Å². The van der Waals surface area contributed by atoms with Crippen LogP contribution in [0.1, 0.15) is 24.1 Å². The fourth-order valence-corrected chi connectivity index (χ4v) is 2.94. The standard InChI is InChI=1S/C22H30FN3O3/c1-16(19-14-18(28-4)10-11-21(19)29-5)24-22(27)26(13-12-25(2)3)15-17-8-6-7-9-20(17)23/h6-11,14,16H,12-13,15H2,1-5H3,(H,24,27). The monoisotopic (exact) mass is 403 g/mol. The van der Waals surface area contributed by atoms with Gasteiger partial charge in [-0.2, -0.15) is 0 Å². The second kappa shape index (κ2) is 10.7. The van der Waals surface area contributed by atoms with Gasteiger partial charge >= 0.3 is 6.03 Å². The van der Waals surface area contributed by atoms with Gasteiger partial charge in [-0.25, -0.2) is 9.18 Å². The smallest absolute Gasteiger partial charge is 0.318 e. The van der Waals surface area contributed by atoms with E-state index in [-0.39, 0.29) is 24.4 Å². The van der Waals surface area contributed by atoms with Crippen LogP contribution in [0.4, 0.5) is 9.18 Å². The number of benzene rings is 2. The number of hydrogen-bond donors (Lipinski definition) is 1. The zero-order chi connectivity index (χ0) is 21.4. The molecule has 2 amide bonds. The lowest BCUT2D eigenvalue weighted by Gasteiger charge is -2.27. The number of methoxy groups -OCH3 is 2. The van der Waals surface area contributed by atoms with Gasteiger partial charge in [-0.15, -0.1) is 0 Å². The van der Waals surface area contributed by atoms with E-state index in [1.807, 2.05) is 32.0 Å². The van der Waals surface area contributed by atoms with Crippen LogP contribution in [-0.4, -0.2) is 57.2 Å². The van der Waals surface area contributed by atoms with Crippen molar-refractivity contribution in [1.82, 2.24) is 15.1 Å². The Bertz CT molecular complexity index is 814. The Morgan fingerprint density at radius 2 is 1.83 bits per heavy atom. The molecule has 6 nitrogen and oxygen atoms in total. The van der Waals surface area contributed by atoms with Crippen LogP contribution in [-0.2, 0) is 6.54 Å². The van der Waals surface area contributed by atoms with Crippen LogP contribution in [0.2, 0.25) is 0 Å². The van der Waals surface area contributed by atoms with Crippen molar-refractivity contribution >= 4 is 6.03 Å². The second-order valence-corrected chi connectivity index (χ2v) is 7.10. The zero-order valence-corrected chi connectivity index (χ0v) is 17.7. The highest BCUT2D eigenvalue weighted by atomic mass is 19.1. The van der Waals surface area contributed by atoms with Crippen LogP contribution in [0, 0.1) is 5.82 Å². The van der Waals surface area contributed by atoms with Gasteiger partial charge < -0.3 is 24.6 Å². The van der Waals surface area contributed by atoms with E-state index >= 15 is 0 Å². The molecule has 0 spiro atoms. The summed E-state index contributed by atoms with van der Waals surface area (Å²) >= 11 is 0. The summed E-state index contributed by atoms with van der Waals surface area (Å²) in [7, 11) is 7.04. The fraction of sp³-hybridized carbons (Fsp3) is 0.409. The molecule has 1 unspecified atom stereocenters. The van der Waals surface area contributed by atoms with Gasteiger partial charge in [-0.05, 0) is 45.3 Å². The quantitative estimate of drug-likeness (QED) is 0.694. The largest absolute Gasteiger partial charge is 0.497 e. The number of amides is 2. The van der Waals surface area contributed by atoms with Gasteiger partial charge in [0, 0.05) is 24.2 Å². The summed E-state index contributed by atoms with van der Waals surface area (Å²) in [5, 5.41) is 3.00. The first-order valence-electron chi connectivity index (χ1n) is 9.51. The lowest BCUT2D eigenvalue weighted by Crippen LogP contribution is -2.43. The summed E-state index contributed by atoms with van der Waals surface area (Å²) in [6, 6.07) is 11.4. The van der Waals surface area contributed by atoms with Crippen molar-refractivity contribution in [1.29, 1.82) is 0 Å². The number of carbonyl (C=O) groups is 1. The van der Waals surface area contributed by atoms with Crippen molar-refractivity contribution in [3.05, 3.63) is 59.4 Å². The Morgan fingerprint density at radius 1 is 1.10 bits per heavy atom. The van der Waals surface area contributed by atoms with E-state index in [4.69, 9.17) is 9.47 Å². The van der Waals surface area contributed by atoms with Crippen LogP contribution in [0.5, 0.6) is 11.5 Å². The number of halogens is 1. The van der Waals surface area contributed by atoms with Crippen molar-refractivity contribution in [2.45, 2.75) is 19.5 Å². The average molecular weight is 403 g/mol. The van der Waals surface area contributed by atoms with E-state index in [9.17, 15) is 9.18 Å². The van der Waals surface area contributed by atoms with Gasteiger partial charge in [0.2, 0.25) is 0 Å². The molecule has 7 heteroatoms. The maximum atomic E-state index is 14.1. The molecule has 2 aromatic carbocycles. The minimum absolute atomic E-state index is 0.189.